The van der Waals surface area contributed by atoms with Gasteiger partial charge in [0.05, 0.1) is 23.9 Å². The zero-order chi connectivity index (χ0) is 17.7. The number of aliphatic hydroxyl groups is 1. The molecular formula is C19H17Cl2N3O. The predicted octanol–water partition coefficient (Wildman–Crippen LogP) is 3.94. The van der Waals surface area contributed by atoms with E-state index >= 15 is 0 Å². The lowest BCUT2D eigenvalue weighted by atomic mass is 9.77. The molecule has 2 aliphatic carbocycles. The van der Waals surface area contributed by atoms with Gasteiger partial charge in [0.2, 0.25) is 0 Å². The Labute approximate surface area is 156 Å². The van der Waals surface area contributed by atoms with Gasteiger partial charge in [-0.15, -0.1) is 11.6 Å². The summed E-state index contributed by atoms with van der Waals surface area (Å²) in [6.07, 6.45) is 8.23. The molecule has 0 aliphatic heterocycles. The molecule has 2 aliphatic rings. The molecule has 25 heavy (non-hydrogen) atoms. The zero-order valence-corrected chi connectivity index (χ0v) is 15.1. The van der Waals surface area contributed by atoms with E-state index in [9.17, 15) is 10.4 Å². The van der Waals surface area contributed by atoms with Crippen LogP contribution in [0.4, 0.5) is 0 Å². The van der Waals surface area contributed by atoms with E-state index in [-0.39, 0.29) is 6.54 Å². The van der Waals surface area contributed by atoms with Crippen LogP contribution in [-0.4, -0.2) is 25.1 Å². The molecule has 128 valence electrons. The van der Waals surface area contributed by atoms with Crippen molar-refractivity contribution in [3.05, 3.63) is 58.6 Å². The second kappa shape index (κ2) is 5.88. The molecule has 2 aromatic rings. The number of alkyl halides is 1. The standard InChI is InChI=1S/C19H17Cl2N3O/c20-17-6-2-3-14-15(17)4-1-5-16(14)19(25,18(21)7-8-18)11-24-12-23-10-13(24)9-22/h2-3,5-6,10,12,25H,1,4,7-8,11H2. The number of imidazole rings is 1. The summed E-state index contributed by atoms with van der Waals surface area (Å²) >= 11 is 13.1. The molecule has 0 bridgehead atoms. The topological polar surface area (TPSA) is 61.8 Å². The first-order chi connectivity index (χ1) is 12.0. The molecule has 0 amide bonds. The number of allylic oxidation sites excluding steroid dienone is 1. The van der Waals surface area contributed by atoms with Crippen LogP contribution in [-0.2, 0) is 13.0 Å². The molecule has 1 aromatic heterocycles. The molecule has 1 N–H and O–H groups in total. The molecule has 0 saturated heterocycles. The number of nitrogens with zero attached hydrogens (tertiary/aromatic N) is 3. The molecule has 4 rings (SSSR count). The molecule has 0 spiro atoms. The normalized spacial score (nSPS) is 20.2. The van der Waals surface area contributed by atoms with E-state index in [0.29, 0.717) is 10.7 Å². The lowest BCUT2D eigenvalue weighted by Gasteiger charge is -2.38. The van der Waals surface area contributed by atoms with Crippen LogP contribution in [0, 0.1) is 11.3 Å². The van der Waals surface area contributed by atoms with E-state index in [1.807, 2.05) is 18.2 Å². The smallest absolute Gasteiger partial charge is 0.140 e. The first kappa shape index (κ1) is 16.7. The lowest BCUT2D eigenvalue weighted by molar-refractivity contribution is 0.0691. The summed E-state index contributed by atoms with van der Waals surface area (Å²) in [5.74, 6) is 0. The maximum Gasteiger partial charge on any atom is 0.140 e. The van der Waals surface area contributed by atoms with Gasteiger partial charge >= 0.3 is 0 Å². The Morgan fingerprint density at radius 2 is 2.20 bits per heavy atom. The van der Waals surface area contributed by atoms with E-state index in [2.05, 4.69) is 17.1 Å². The van der Waals surface area contributed by atoms with Crippen LogP contribution in [0.1, 0.15) is 36.1 Å². The van der Waals surface area contributed by atoms with Crippen LogP contribution in [0.25, 0.3) is 5.57 Å². The molecule has 0 radical (unpaired) electrons. The fourth-order valence-corrected chi connectivity index (χ4v) is 4.23. The molecular weight excluding hydrogens is 357 g/mol. The Balaban J connectivity index is 1.83. The van der Waals surface area contributed by atoms with Crippen molar-refractivity contribution in [3.63, 3.8) is 0 Å². The van der Waals surface area contributed by atoms with Gasteiger partial charge < -0.3 is 9.67 Å². The first-order valence-electron chi connectivity index (χ1n) is 8.28. The monoisotopic (exact) mass is 373 g/mol. The van der Waals surface area contributed by atoms with Gasteiger partial charge in [-0.2, -0.15) is 5.26 Å². The molecule has 1 aromatic carbocycles. The maximum absolute atomic E-state index is 11.8. The second-order valence-electron chi connectivity index (χ2n) is 6.77. The van der Waals surface area contributed by atoms with Crippen molar-refractivity contribution in [1.29, 1.82) is 5.26 Å². The van der Waals surface area contributed by atoms with Gasteiger partial charge in [0.15, 0.2) is 0 Å². The van der Waals surface area contributed by atoms with Crippen molar-refractivity contribution in [2.75, 3.05) is 0 Å². The maximum atomic E-state index is 11.8. The Morgan fingerprint density at radius 1 is 1.40 bits per heavy atom. The minimum atomic E-state index is -1.29. The van der Waals surface area contributed by atoms with Crippen molar-refractivity contribution in [2.45, 2.75) is 42.7 Å². The van der Waals surface area contributed by atoms with E-state index in [1.54, 1.807) is 10.9 Å². The van der Waals surface area contributed by atoms with Gasteiger partial charge in [-0.05, 0) is 48.4 Å². The third-order valence-corrected chi connectivity index (χ3v) is 6.30. The van der Waals surface area contributed by atoms with Crippen LogP contribution < -0.4 is 0 Å². The molecule has 1 atom stereocenters. The summed E-state index contributed by atoms with van der Waals surface area (Å²) in [5.41, 5.74) is 1.92. The highest BCUT2D eigenvalue weighted by Gasteiger charge is 2.60. The van der Waals surface area contributed by atoms with Crippen LogP contribution in [0.15, 0.2) is 36.8 Å². The Kier molecular flexibility index (Phi) is 3.92. The van der Waals surface area contributed by atoms with Gasteiger partial charge in [-0.25, -0.2) is 4.98 Å². The van der Waals surface area contributed by atoms with Crippen molar-refractivity contribution < 1.29 is 5.11 Å². The van der Waals surface area contributed by atoms with Crippen molar-refractivity contribution in [2.24, 2.45) is 0 Å². The van der Waals surface area contributed by atoms with Crippen LogP contribution in [0.3, 0.4) is 0 Å². The van der Waals surface area contributed by atoms with Crippen molar-refractivity contribution >= 4 is 28.8 Å². The number of nitriles is 1. The van der Waals surface area contributed by atoms with E-state index in [0.717, 1.165) is 42.4 Å². The van der Waals surface area contributed by atoms with Crippen molar-refractivity contribution in [3.8, 4) is 6.07 Å². The van der Waals surface area contributed by atoms with Crippen LogP contribution in [0.5, 0.6) is 0 Å². The highest BCUT2D eigenvalue weighted by molar-refractivity contribution is 6.31. The number of rotatable bonds is 4. The lowest BCUT2D eigenvalue weighted by Crippen LogP contribution is -2.46. The fraction of sp³-hybridized carbons (Fsp3) is 0.368. The zero-order valence-electron chi connectivity index (χ0n) is 13.5. The van der Waals surface area contributed by atoms with E-state index < -0.39 is 10.5 Å². The van der Waals surface area contributed by atoms with Gasteiger partial charge in [-0.1, -0.05) is 29.8 Å². The quantitative estimate of drug-likeness (QED) is 0.825. The molecule has 4 nitrogen and oxygen atoms in total. The van der Waals surface area contributed by atoms with Gasteiger partial charge in [0.25, 0.3) is 0 Å². The van der Waals surface area contributed by atoms with Crippen LogP contribution in [0.2, 0.25) is 5.02 Å². The molecule has 1 heterocycles. The average Bonchev–Trinajstić information content (AvgIpc) is 3.22. The summed E-state index contributed by atoms with van der Waals surface area (Å²) in [6, 6.07) is 7.86. The predicted molar refractivity (Wildman–Crippen MR) is 97.5 cm³/mol. The van der Waals surface area contributed by atoms with E-state index in [4.69, 9.17) is 23.2 Å². The van der Waals surface area contributed by atoms with Crippen LogP contribution >= 0.6 is 23.2 Å². The molecule has 1 saturated carbocycles. The number of aromatic nitrogens is 2. The highest BCUT2D eigenvalue weighted by atomic mass is 35.5. The molecule has 6 heteroatoms. The first-order valence-corrected chi connectivity index (χ1v) is 9.04. The highest BCUT2D eigenvalue weighted by Crippen LogP contribution is 2.57. The third-order valence-electron chi connectivity index (χ3n) is 5.25. The van der Waals surface area contributed by atoms with Gasteiger partial charge in [0, 0.05) is 5.02 Å². The Bertz CT molecular complexity index is 908. The average molecular weight is 374 g/mol. The largest absolute Gasteiger partial charge is 0.381 e. The summed E-state index contributed by atoms with van der Waals surface area (Å²) in [7, 11) is 0. The number of hydrogen-bond acceptors (Lipinski definition) is 3. The number of fused-ring (bicyclic) bond motifs is 1. The third kappa shape index (κ3) is 2.58. The van der Waals surface area contributed by atoms with Crippen molar-refractivity contribution in [1.82, 2.24) is 9.55 Å². The summed E-state index contributed by atoms with van der Waals surface area (Å²) < 4.78 is 1.67. The number of halogens is 2. The summed E-state index contributed by atoms with van der Waals surface area (Å²) in [5, 5.41) is 21.7. The minimum absolute atomic E-state index is 0.192. The Morgan fingerprint density at radius 3 is 2.92 bits per heavy atom. The molecule has 1 unspecified atom stereocenters. The number of hydrogen-bond donors (Lipinski definition) is 1. The van der Waals surface area contributed by atoms with E-state index in [1.165, 1.54) is 6.20 Å². The van der Waals surface area contributed by atoms with Gasteiger partial charge in [0.1, 0.15) is 17.4 Å². The molecule has 1 fully saturated rings. The summed E-state index contributed by atoms with van der Waals surface area (Å²) in [6.45, 7) is 0.192. The number of benzene rings is 1. The SMILES string of the molecule is N#Cc1cncn1CC(O)(C1=CCCc2c(Cl)cccc21)C1(Cl)CC1. The summed E-state index contributed by atoms with van der Waals surface area (Å²) in [4.78, 5) is 3.30. The second-order valence-corrected chi connectivity index (χ2v) is 7.90. The fourth-order valence-electron chi connectivity index (χ4n) is 3.71. The van der Waals surface area contributed by atoms with Gasteiger partial charge in [-0.3, -0.25) is 0 Å². The Hall–Kier alpha value is -1.80. The minimum Gasteiger partial charge on any atom is -0.381 e.